The Morgan fingerprint density at radius 1 is 1.47 bits per heavy atom. The zero-order chi connectivity index (χ0) is 10.3. The number of nitrogens with one attached hydrogen (secondary N) is 1. The second-order valence-corrected chi connectivity index (χ2v) is 6.18. The molecule has 2 atom stereocenters. The maximum atomic E-state index is 3.72. The molecule has 1 N–H and O–H groups in total. The summed E-state index contributed by atoms with van der Waals surface area (Å²) in [7, 11) is 0. The first kappa shape index (κ1) is 9.86. The molecule has 1 heterocycles. The topological polar surface area (TPSA) is 12.0 Å². The van der Waals surface area contributed by atoms with Crippen LogP contribution in [-0.2, 0) is 5.41 Å². The van der Waals surface area contributed by atoms with Gasteiger partial charge >= 0.3 is 0 Å². The number of hydrogen-bond acceptors (Lipinski definition) is 2. The zero-order valence-electron chi connectivity index (χ0n) is 9.33. The van der Waals surface area contributed by atoms with Gasteiger partial charge in [-0.1, -0.05) is 13.0 Å². The Balaban J connectivity index is 1.76. The van der Waals surface area contributed by atoms with Crippen molar-refractivity contribution < 1.29 is 0 Å². The molecular weight excluding hydrogens is 202 g/mol. The van der Waals surface area contributed by atoms with E-state index in [1.54, 1.807) is 4.88 Å². The molecule has 0 radical (unpaired) electrons. The monoisotopic (exact) mass is 221 g/mol. The van der Waals surface area contributed by atoms with Crippen LogP contribution in [-0.4, -0.2) is 12.6 Å². The van der Waals surface area contributed by atoms with Gasteiger partial charge in [0, 0.05) is 22.9 Å². The summed E-state index contributed by atoms with van der Waals surface area (Å²) < 4.78 is 0. The molecule has 2 heteroatoms. The summed E-state index contributed by atoms with van der Waals surface area (Å²) in [5.41, 5.74) is 0.483. The summed E-state index contributed by atoms with van der Waals surface area (Å²) in [5.74, 6) is 0.863. The van der Waals surface area contributed by atoms with E-state index in [1.807, 2.05) is 11.3 Å². The Bertz CT molecular complexity index is 328. The molecule has 2 aliphatic carbocycles. The van der Waals surface area contributed by atoms with Crippen molar-refractivity contribution in [2.75, 3.05) is 6.54 Å². The van der Waals surface area contributed by atoms with E-state index in [1.165, 1.54) is 32.2 Å². The summed E-state index contributed by atoms with van der Waals surface area (Å²) in [4.78, 5) is 1.61. The molecule has 15 heavy (non-hydrogen) atoms. The van der Waals surface area contributed by atoms with E-state index in [0.717, 1.165) is 12.0 Å². The predicted molar refractivity (Wildman–Crippen MR) is 65.4 cm³/mol. The Labute approximate surface area is 95.9 Å². The summed E-state index contributed by atoms with van der Waals surface area (Å²) >= 11 is 1.94. The van der Waals surface area contributed by atoms with Crippen molar-refractivity contribution in [3.63, 3.8) is 0 Å². The molecule has 1 aromatic rings. The molecule has 2 aliphatic rings. The average Bonchev–Trinajstić information content (AvgIpc) is 2.91. The first-order valence-electron chi connectivity index (χ1n) is 6.09. The van der Waals surface area contributed by atoms with Crippen LogP contribution in [0.25, 0.3) is 0 Å². The normalized spacial score (nSPS) is 35.1. The summed E-state index contributed by atoms with van der Waals surface area (Å²) in [5, 5.41) is 5.95. The van der Waals surface area contributed by atoms with Gasteiger partial charge in [-0.15, -0.1) is 11.3 Å². The highest BCUT2D eigenvalue weighted by Gasteiger charge is 2.46. The predicted octanol–water partition coefficient (Wildman–Crippen LogP) is 3.17. The van der Waals surface area contributed by atoms with E-state index in [-0.39, 0.29) is 0 Å². The maximum absolute atomic E-state index is 3.72. The van der Waals surface area contributed by atoms with E-state index in [0.29, 0.717) is 5.41 Å². The third-order valence-electron chi connectivity index (χ3n) is 4.26. The molecule has 2 fully saturated rings. The van der Waals surface area contributed by atoms with Gasteiger partial charge in [0.15, 0.2) is 0 Å². The van der Waals surface area contributed by atoms with Gasteiger partial charge in [-0.3, -0.25) is 0 Å². The Hall–Kier alpha value is -0.340. The van der Waals surface area contributed by atoms with Crippen LogP contribution >= 0.6 is 11.3 Å². The van der Waals surface area contributed by atoms with Gasteiger partial charge in [0.25, 0.3) is 0 Å². The van der Waals surface area contributed by atoms with E-state index in [9.17, 15) is 0 Å². The zero-order valence-corrected chi connectivity index (χ0v) is 10.1. The van der Waals surface area contributed by atoms with Crippen molar-refractivity contribution in [1.29, 1.82) is 0 Å². The summed E-state index contributed by atoms with van der Waals surface area (Å²) in [6.45, 7) is 3.62. The smallest absolute Gasteiger partial charge is 0.0197 e. The molecule has 0 aromatic carbocycles. The molecule has 0 bridgehead atoms. The number of hydrogen-bond donors (Lipinski definition) is 1. The third kappa shape index (κ3) is 1.64. The molecule has 0 spiro atoms. The van der Waals surface area contributed by atoms with E-state index in [2.05, 4.69) is 29.8 Å². The number of thiophene rings is 1. The van der Waals surface area contributed by atoms with Gasteiger partial charge in [0.1, 0.15) is 0 Å². The molecule has 2 saturated carbocycles. The summed E-state index contributed by atoms with van der Waals surface area (Å²) in [6, 6.07) is 5.37. The minimum atomic E-state index is 0.483. The fourth-order valence-corrected chi connectivity index (χ4v) is 3.74. The van der Waals surface area contributed by atoms with E-state index in [4.69, 9.17) is 0 Å². The van der Waals surface area contributed by atoms with Crippen LogP contribution in [0.3, 0.4) is 0 Å². The Kier molecular flexibility index (Phi) is 2.37. The SMILES string of the molecule is CC1CCC1(CNC1CC1)c1cccs1. The first-order valence-corrected chi connectivity index (χ1v) is 6.96. The molecule has 1 aromatic heterocycles. The minimum Gasteiger partial charge on any atom is -0.313 e. The van der Waals surface area contributed by atoms with Gasteiger partial charge < -0.3 is 5.32 Å². The van der Waals surface area contributed by atoms with Crippen molar-refractivity contribution in [2.24, 2.45) is 5.92 Å². The fraction of sp³-hybridized carbons (Fsp3) is 0.692. The van der Waals surface area contributed by atoms with Gasteiger partial charge in [0.05, 0.1) is 0 Å². The van der Waals surface area contributed by atoms with E-state index >= 15 is 0 Å². The highest BCUT2D eigenvalue weighted by molar-refractivity contribution is 7.10. The van der Waals surface area contributed by atoms with Gasteiger partial charge in [0.2, 0.25) is 0 Å². The molecular formula is C13H19NS. The first-order chi connectivity index (χ1) is 7.31. The van der Waals surface area contributed by atoms with Crippen molar-refractivity contribution >= 4 is 11.3 Å². The number of rotatable bonds is 4. The van der Waals surface area contributed by atoms with Gasteiger partial charge in [-0.25, -0.2) is 0 Å². The minimum absolute atomic E-state index is 0.483. The Morgan fingerprint density at radius 3 is 2.80 bits per heavy atom. The highest BCUT2D eigenvalue weighted by atomic mass is 32.1. The molecule has 2 unspecified atom stereocenters. The fourth-order valence-electron chi connectivity index (χ4n) is 2.67. The quantitative estimate of drug-likeness (QED) is 0.823. The molecule has 0 aliphatic heterocycles. The maximum Gasteiger partial charge on any atom is 0.0197 e. The second kappa shape index (κ2) is 3.60. The van der Waals surface area contributed by atoms with Crippen LogP contribution in [0.1, 0.15) is 37.5 Å². The van der Waals surface area contributed by atoms with Crippen LogP contribution in [0.15, 0.2) is 17.5 Å². The largest absolute Gasteiger partial charge is 0.313 e. The van der Waals surface area contributed by atoms with Gasteiger partial charge in [-0.2, -0.15) is 0 Å². The lowest BCUT2D eigenvalue weighted by atomic mass is 9.60. The van der Waals surface area contributed by atoms with Crippen molar-refractivity contribution in [3.8, 4) is 0 Å². The lowest BCUT2D eigenvalue weighted by molar-refractivity contribution is 0.137. The van der Waals surface area contributed by atoms with Crippen molar-refractivity contribution in [3.05, 3.63) is 22.4 Å². The molecule has 1 nitrogen and oxygen atoms in total. The Morgan fingerprint density at radius 2 is 2.33 bits per heavy atom. The van der Waals surface area contributed by atoms with Crippen LogP contribution in [0, 0.1) is 5.92 Å². The van der Waals surface area contributed by atoms with Crippen molar-refractivity contribution in [2.45, 2.75) is 44.1 Å². The summed E-state index contributed by atoms with van der Waals surface area (Å²) in [6.07, 6.45) is 5.59. The van der Waals surface area contributed by atoms with Crippen LogP contribution < -0.4 is 5.32 Å². The van der Waals surface area contributed by atoms with Crippen LogP contribution in [0.4, 0.5) is 0 Å². The van der Waals surface area contributed by atoms with Crippen molar-refractivity contribution in [1.82, 2.24) is 5.32 Å². The molecule has 3 rings (SSSR count). The van der Waals surface area contributed by atoms with Crippen LogP contribution in [0.2, 0.25) is 0 Å². The lowest BCUT2D eigenvalue weighted by Gasteiger charge is -2.48. The molecule has 0 amide bonds. The standard InChI is InChI=1S/C13H19NS/c1-10-6-7-13(10,9-14-11-4-5-11)12-3-2-8-15-12/h2-3,8,10-11,14H,4-7,9H2,1H3. The third-order valence-corrected chi connectivity index (χ3v) is 5.35. The molecule has 82 valence electrons. The second-order valence-electron chi connectivity index (χ2n) is 5.23. The van der Waals surface area contributed by atoms with Gasteiger partial charge in [-0.05, 0) is 43.0 Å². The van der Waals surface area contributed by atoms with Crippen LogP contribution in [0.5, 0.6) is 0 Å². The lowest BCUT2D eigenvalue weighted by Crippen LogP contribution is -2.50. The van der Waals surface area contributed by atoms with E-state index < -0.39 is 0 Å². The molecule has 0 saturated heterocycles. The average molecular weight is 221 g/mol. The highest BCUT2D eigenvalue weighted by Crippen LogP contribution is 2.50.